The molecule has 2 rings (SSSR count). The van der Waals surface area contributed by atoms with Gasteiger partial charge in [-0.25, -0.2) is 17.9 Å². The van der Waals surface area contributed by atoms with Crippen molar-refractivity contribution in [2.75, 3.05) is 0 Å². The Hall–Kier alpha value is -0.660. The summed E-state index contributed by atoms with van der Waals surface area (Å²) in [5.74, 6) is -0.568. The fourth-order valence-electron chi connectivity index (χ4n) is 2.36. The Morgan fingerprint density at radius 2 is 1.80 bits per heavy atom. The first kappa shape index (κ1) is 15.7. The fraction of sp³-hybridized carbons (Fsp3) is 0.538. The fourth-order valence-corrected chi connectivity index (χ4v) is 3.56. The van der Waals surface area contributed by atoms with Gasteiger partial charge in [-0.05, 0) is 47.7 Å². The average Bonchev–Trinajstić information content (AvgIpc) is 2.60. The molecule has 2 N–H and O–H groups in total. The number of hydrogen-bond acceptors (Lipinski definition) is 3. The third kappa shape index (κ3) is 3.93. The molecule has 0 aromatic heterocycles. The highest BCUT2D eigenvalue weighted by atomic mass is 79.9. The molecule has 1 aliphatic carbocycles. The Kier molecular flexibility index (Phi) is 5.04. The minimum absolute atomic E-state index is 0.0496. The number of primary sulfonamides is 1. The van der Waals surface area contributed by atoms with E-state index in [9.17, 15) is 12.8 Å². The monoisotopic (exact) mass is 365 g/mol. The summed E-state index contributed by atoms with van der Waals surface area (Å²) in [6.07, 6.45) is 6.50. The molecule has 0 atom stereocenters. The Balaban J connectivity index is 2.22. The van der Waals surface area contributed by atoms with Crippen molar-refractivity contribution in [3.63, 3.8) is 0 Å². The van der Waals surface area contributed by atoms with Gasteiger partial charge in [0.2, 0.25) is 10.0 Å². The van der Waals surface area contributed by atoms with Crippen LogP contribution in [0.2, 0.25) is 0 Å². The summed E-state index contributed by atoms with van der Waals surface area (Å²) in [7, 11) is -4.07. The quantitative estimate of drug-likeness (QED) is 0.835. The summed E-state index contributed by atoms with van der Waals surface area (Å²) in [6, 6.07) is 2.23. The zero-order valence-electron chi connectivity index (χ0n) is 10.9. The van der Waals surface area contributed by atoms with Crippen molar-refractivity contribution in [1.29, 1.82) is 0 Å². The van der Waals surface area contributed by atoms with E-state index in [1.165, 1.54) is 12.8 Å². The number of sulfonamides is 1. The maximum atomic E-state index is 13.8. The van der Waals surface area contributed by atoms with Gasteiger partial charge in [0.1, 0.15) is 16.5 Å². The number of halogens is 2. The molecule has 1 fully saturated rings. The maximum Gasteiger partial charge on any atom is 0.241 e. The van der Waals surface area contributed by atoms with Gasteiger partial charge in [0.05, 0.1) is 10.6 Å². The second kappa shape index (κ2) is 6.41. The molecule has 0 spiro atoms. The second-order valence-corrected chi connectivity index (χ2v) is 7.37. The van der Waals surface area contributed by atoms with Crippen molar-refractivity contribution in [3.8, 4) is 5.75 Å². The van der Waals surface area contributed by atoms with E-state index in [-0.39, 0.29) is 6.10 Å². The SMILES string of the molecule is NS(=O)(=O)c1cc(Br)c(OC2CCCCCC2)cc1F. The smallest absolute Gasteiger partial charge is 0.241 e. The standard InChI is InChI=1S/C13H17BrFNO3S/c14-10-7-13(20(16,17)18)11(15)8-12(10)19-9-5-3-1-2-4-6-9/h7-9H,1-6H2,(H2,16,17,18). The van der Waals surface area contributed by atoms with E-state index in [1.54, 1.807) is 0 Å². The molecule has 0 radical (unpaired) electrons. The summed E-state index contributed by atoms with van der Waals surface area (Å²) in [6.45, 7) is 0. The van der Waals surface area contributed by atoms with Gasteiger partial charge in [-0.3, -0.25) is 0 Å². The van der Waals surface area contributed by atoms with Crippen LogP contribution in [0.1, 0.15) is 38.5 Å². The number of ether oxygens (including phenoxy) is 1. The molecule has 0 saturated heterocycles. The van der Waals surface area contributed by atoms with Crippen molar-refractivity contribution in [2.45, 2.75) is 49.5 Å². The Morgan fingerprint density at radius 3 is 2.35 bits per heavy atom. The molecule has 0 amide bonds. The third-order valence-corrected chi connectivity index (χ3v) is 4.93. The van der Waals surface area contributed by atoms with E-state index >= 15 is 0 Å². The van der Waals surface area contributed by atoms with E-state index in [1.807, 2.05) is 0 Å². The highest BCUT2D eigenvalue weighted by Crippen LogP contribution is 2.32. The molecule has 0 bridgehead atoms. The highest BCUT2D eigenvalue weighted by molar-refractivity contribution is 9.10. The lowest BCUT2D eigenvalue weighted by molar-refractivity contribution is 0.181. The van der Waals surface area contributed by atoms with Crippen molar-refractivity contribution < 1.29 is 17.5 Å². The van der Waals surface area contributed by atoms with Gasteiger partial charge < -0.3 is 4.74 Å². The van der Waals surface area contributed by atoms with Crippen LogP contribution in [0.5, 0.6) is 5.75 Å². The van der Waals surface area contributed by atoms with E-state index in [4.69, 9.17) is 9.88 Å². The minimum atomic E-state index is -4.07. The van der Waals surface area contributed by atoms with Gasteiger partial charge in [0, 0.05) is 6.07 Å². The van der Waals surface area contributed by atoms with Crippen LogP contribution in [-0.4, -0.2) is 14.5 Å². The molecule has 0 heterocycles. The largest absolute Gasteiger partial charge is 0.489 e. The van der Waals surface area contributed by atoms with Crippen LogP contribution >= 0.6 is 15.9 Å². The lowest BCUT2D eigenvalue weighted by Gasteiger charge is -2.18. The topological polar surface area (TPSA) is 69.4 Å². The number of rotatable bonds is 3. The summed E-state index contributed by atoms with van der Waals surface area (Å²) in [4.78, 5) is -0.530. The van der Waals surface area contributed by atoms with Crippen LogP contribution in [0.4, 0.5) is 4.39 Å². The molecule has 0 unspecified atom stereocenters. The molecule has 1 aromatic carbocycles. The molecule has 20 heavy (non-hydrogen) atoms. The van der Waals surface area contributed by atoms with Gasteiger partial charge >= 0.3 is 0 Å². The lowest BCUT2D eigenvalue weighted by Crippen LogP contribution is -2.17. The zero-order valence-corrected chi connectivity index (χ0v) is 13.3. The van der Waals surface area contributed by atoms with Crippen LogP contribution < -0.4 is 9.88 Å². The first-order valence-electron chi connectivity index (χ1n) is 6.56. The second-order valence-electron chi connectivity index (χ2n) is 4.99. The van der Waals surface area contributed by atoms with Crippen molar-refractivity contribution in [3.05, 3.63) is 22.4 Å². The average molecular weight is 366 g/mol. The molecule has 1 aliphatic rings. The molecular weight excluding hydrogens is 349 g/mol. The van der Waals surface area contributed by atoms with Crippen LogP contribution in [0.15, 0.2) is 21.5 Å². The van der Waals surface area contributed by atoms with E-state index in [0.717, 1.165) is 37.8 Å². The summed E-state index contributed by atoms with van der Waals surface area (Å²) in [5, 5.41) is 4.95. The van der Waals surface area contributed by atoms with Gasteiger partial charge in [0.25, 0.3) is 0 Å². The van der Waals surface area contributed by atoms with Gasteiger partial charge in [-0.15, -0.1) is 0 Å². The first-order chi connectivity index (χ1) is 9.38. The number of benzene rings is 1. The molecule has 4 nitrogen and oxygen atoms in total. The van der Waals surface area contributed by atoms with Crippen molar-refractivity contribution >= 4 is 26.0 Å². The lowest BCUT2D eigenvalue weighted by atomic mass is 10.1. The van der Waals surface area contributed by atoms with Crippen LogP contribution in [0, 0.1) is 5.82 Å². The maximum absolute atomic E-state index is 13.8. The summed E-state index contributed by atoms with van der Waals surface area (Å²) < 4.78 is 42.4. The zero-order chi connectivity index (χ0) is 14.8. The normalized spacial score (nSPS) is 17.8. The van der Waals surface area contributed by atoms with Crippen molar-refractivity contribution in [2.24, 2.45) is 5.14 Å². The van der Waals surface area contributed by atoms with E-state index < -0.39 is 20.7 Å². The van der Waals surface area contributed by atoms with E-state index in [2.05, 4.69) is 15.9 Å². The van der Waals surface area contributed by atoms with Crippen LogP contribution in [-0.2, 0) is 10.0 Å². The first-order valence-corrected chi connectivity index (χ1v) is 8.90. The van der Waals surface area contributed by atoms with E-state index in [0.29, 0.717) is 10.2 Å². The minimum Gasteiger partial charge on any atom is -0.489 e. The number of nitrogens with two attached hydrogens (primary N) is 1. The highest BCUT2D eigenvalue weighted by Gasteiger charge is 2.20. The summed E-state index contributed by atoms with van der Waals surface area (Å²) in [5.41, 5.74) is 0. The Labute approximate surface area is 126 Å². The Bertz CT molecular complexity index is 584. The molecule has 0 aliphatic heterocycles. The molecular formula is C13H17BrFNO3S. The van der Waals surface area contributed by atoms with Crippen LogP contribution in [0.3, 0.4) is 0 Å². The predicted octanol–water partition coefficient (Wildman–Crippen LogP) is 3.34. The van der Waals surface area contributed by atoms with Crippen LogP contribution in [0.25, 0.3) is 0 Å². The summed E-state index contributed by atoms with van der Waals surface area (Å²) >= 11 is 3.21. The van der Waals surface area contributed by atoms with Gasteiger partial charge in [-0.2, -0.15) is 0 Å². The molecule has 1 saturated carbocycles. The molecule has 1 aromatic rings. The van der Waals surface area contributed by atoms with Gasteiger partial charge in [0.15, 0.2) is 0 Å². The Morgan fingerprint density at radius 1 is 1.20 bits per heavy atom. The third-order valence-electron chi connectivity index (χ3n) is 3.39. The number of hydrogen-bond donors (Lipinski definition) is 1. The molecule has 112 valence electrons. The predicted molar refractivity (Wildman–Crippen MR) is 77.6 cm³/mol. The van der Waals surface area contributed by atoms with Gasteiger partial charge in [-0.1, -0.05) is 12.8 Å². The molecule has 7 heteroatoms. The van der Waals surface area contributed by atoms with Crippen molar-refractivity contribution in [1.82, 2.24) is 0 Å².